The summed E-state index contributed by atoms with van der Waals surface area (Å²) in [4.78, 5) is 16.1. The summed E-state index contributed by atoms with van der Waals surface area (Å²) in [5.74, 6) is -0.446. The number of fused-ring (bicyclic) bond motifs is 1. The Morgan fingerprint density at radius 1 is 1.44 bits per heavy atom. The quantitative estimate of drug-likeness (QED) is 0.892. The molecular weight excluding hydrogens is 226 g/mol. The molecule has 0 bridgehead atoms. The van der Waals surface area contributed by atoms with E-state index >= 15 is 0 Å². The Kier molecular flexibility index (Phi) is 3.54. The lowest BCUT2D eigenvalue weighted by Gasteiger charge is -2.07. The largest absolute Gasteiger partial charge is 0.349 e. The molecule has 0 aliphatic carbocycles. The Labute approximate surface area is 105 Å². The van der Waals surface area contributed by atoms with Crippen molar-refractivity contribution in [1.29, 1.82) is 5.26 Å². The molecule has 18 heavy (non-hydrogen) atoms. The number of carbonyl (C=O) groups excluding carboxylic acids is 1. The van der Waals surface area contributed by atoms with Crippen LogP contribution in [0.5, 0.6) is 0 Å². The number of benzene rings is 1. The number of aromatic nitrogens is 1. The predicted molar refractivity (Wildman–Crippen MR) is 68.9 cm³/mol. The number of nitrogens with one attached hydrogen (secondary N) is 1. The van der Waals surface area contributed by atoms with Crippen molar-refractivity contribution in [2.75, 3.05) is 6.54 Å². The molecule has 0 radical (unpaired) electrons. The molecule has 2 aromatic rings. The van der Waals surface area contributed by atoms with E-state index in [2.05, 4.69) is 16.4 Å². The molecule has 0 saturated carbocycles. The Hall–Kier alpha value is -2.41. The zero-order valence-corrected chi connectivity index (χ0v) is 10.1. The van der Waals surface area contributed by atoms with E-state index in [1.807, 2.05) is 30.3 Å². The fraction of sp³-hybridized carbons (Fsp3) is 0.214. The molecule has 1 aromatic heterocycles. The summed E-state index contributed by atoms with van der Waals surface area (Å²) in [5, 5.41) is 13.2. The highest BCUT2D eigenvalue weighted by atomic mass is 16.1. The average Bonchev–Trinajstić information content (AvgIpc) is 2.43. The molecule has 90 valence electrons. The molecule has 1 atom stereocenters. The minimum absolute atomic E-state index is 0.205. The summed E-state index contributed by atoms with van der Waals surface area (Å²) in [6.07, 6.45) is 1.62. The van der Waals surface area contributed by atoms with Gasteiger partial charge in [-0.05, 0) is 18.4 Å². The molecule has 4 nitrogen and oxygen atoms in total. The van der Waals surface area contributed by atoms with Crippen molar-refractivity contribution in [3.63, 3.8) is 0 Å². The second-order valence-corrected chi connectivity index (χ2v) is 4.12. The van der Waals surface area contributed by atoms with Gasteiger partial charge in [-0.1, -0.05) is 24.3 Å². The minimum Gasteiger partial charge on any atom is -0.349 e. The molecule has 0 aliphatic heterocycles. The maximum atomic E-state index is 12.0. The van der Waals surface area contributed by atoms with Crippen LogP contribution in [0, 0.1) is 17.2 Å². The number of nitrogens with zero attached hydrogens (tertiary/aromatic N) is 2. The van der Waals surface area contributed by atoms with Crippen LogP contribution in [0.2, 0.25) is 0 Å². The lowest BCUT2D eigenvalue weighted by atomic mass is 10.1. The van der Waals surface area contributed by atoms with Gasteiger partial charge in [0, 0.05) is 18.1 Å². The number of nitriles is 1. The van der Waals surface area contributed by atoms with E-state index in [1.54, 1.807) is 13.1 Å². The fourth-order valence-electron chi connectivity index (χ4n) is 1.68. The molecule has 1 aromatic carbocycles. The van der Waals surface area contributed by atoms with Gasteiger partial charge in [0.05, 0.1) is 12.0 Å². The lowest BCUT2D eigenvalue weighted by Crippen LogP contribution is -2.28. The summed E-state index contributed by atoms with van der Waals surface area (Å²) in [6.45, 7) is 2.09. The van der Waals surface area contributed by atoms with Crippen molar-refractivity contribution in [3.8, 4) is 6.07 Å². The van der Waals surface area contributed by atoms with Crippen LogP contribution in [-0.2, 0) is 0 Å². The van der Waals surface area contributed by atoms with Gasteiger partial charge in [0.15, 0.2) is 0 Å². The molecular formula is C14H13N3O. The van der Waals surface area contributed by atoms with Gasteiger partial charge in [-0.3, -0.25) is 9.78 Å². The summed E-state index contributed by atoms with van der Waals surface area (Å²) in [7, 11) is 0. The molecule has 0 aliphatic rings. The van der Waals surface area contributed by atoms with Crippen LogP contribution < -0.4 is 5.32 Å². The zero-order valence-electron chi connectivity index (χ0n) is 10.1. The first-order valence-electron chi connectivity index (χ1n) is 5.74. The predicted octanol–water partition coefficient (Wildman–Crippen LogP) is 2.12. The SMILES string of the molecule is CC(C#N)CNC(=O)c1nccc2ccccc12. The third kappa shape index (κ3) is 2.46. The van der Waals surface area contributed by atoms with Gasteiger partial charge in [-0.15, -0.1) is 0 Å². The standard InChI is InChI=1S/C14H13N3O/c1-10(8-15)9-17-14(18)13-12-5-3-2-4-11(12)6-7-16-13/h2-7,10H,9H2,1H3,(H,17,18). The second kappa shape index (κ2) is 5.28. The molecule has 1 N–H and O–H groups in total. The van der Waals surface area contributed by atoms with Crippen molar-refractivity contribution in [1.82, 2.24) is 10.3 Å². The average molecular weight is 239 g/mol. The first-order valence-corrected chi connectivity index (χ1v) is 5.74. The number of hydrogen-bond donors (Lipinski definition) is 1. The van der Waals surface area contributed by atoms with Crippen LogP contribution in [0.3, 0.4) is 0 Å². The Morgan fingerprint density at radius 3 is 3.00 bits per heavy atom. The Morgan fingerprint density at radius 2 is 2.22 bits per heavy atom. The minimum atomic E-state index is -0.242. The summed E-state index contributed by atoms with van der Waals surface area (Å²) < 4.78 is 0. The van der Waals surface area contributed by atoms with Crippen molar-refractivity contribution >= 4 is 16.7 Å². The summed E-state index contributed by atoms with van der Waals surface area (Å²) in [6, 6.07) is 11.5. The molecule has 1 heterocycles. The van der Waals surface area contributed by atoms with Gasteiger partial charge in [0.25, 0.3) is 5.91 Å². The van der Waals surface area contributed by atoms with Crippen molar-refractivity contribution in [2.45, 2.75) is 6.92 Å². The molecule has 4 heteroatoms. The van der Waals surface area contributed by atoms with E-state index in [9.17, 15) is 4.79 Å². The normalized spacial score (nSPS) is 11.8. The third-order valence-corrected chi connectivity index (χ3v) is 2.68. The van der Waals surface area contributed by atoms with Gasteiger partial charge in [-0.25, -0.2) is 0 Å². The second-order valence-electron chi connectivity index (χ2n) is 4.12. The van der Waals surface area contributed by atoms with E-state index in [0.717, 1.165) is 10.8 Å². The van der Waals surface area contributed by atoms with Gasteiger partial charge in [0.2, 0.25) is 0 Å². The molecule has 2 rings (SSSR count). The van der Waals surface area contributed by atoms with Gasteiger partial charge < -0.3 is 5.32 Å². The molecule has 0 spiro atoms. The molecule has 1 unspecified atom stereocenters. The van der Waals surface area contributed by atoms with Crippen LogP contribution in [0.25, 0.3) is 10.8 Å². The number of hydrogen-bond acceptors (Lipinski definition) is 3. The van der Waals surface area contributed by atoms with E-state index < -0.39 is 0 Å². The van der Waals surface area contributed by atoms with Crippen molar-refractivity contribution < 1.29 is 4.79 Å². The Bertz CT molecular complexity index is 610. The van der Waals surface area contributed by atoms with Gasteiger partial charge in [0.1, 0.15) is 5.69 Å². The van der Waals surface area contributed by atoms with Gasteiger partial charge >= 0.3 is 0 Å². The third-order valence-electron chi connectivity index (χ3n) is 2.68. The summed E-state index contributed by atoms with van der Waals surface area (Å²) >= 11 is 0. The van der Waals surface area contributed by atoms with E-state index in [0.29, 0.717) is 12.2 Å². The summed E-state index contributed by atoms with van der Waals surface area (Å²) in [5.41, 5.74) is 0.401. The van der Waals surface area contributed by atoms with Crippen molar-refractivity contribution in [3.05, 3.63) is 42.2 Å². The highest BCUT2D eigenvalue weighted by Gasteiger charge is 2.11. The van der Waals surface area contributed by atoms with Crippen LogP contribution >= 0.6 is 0 Å². The number of rotatable bonds is 3. The fourth-order valence-corrected chi connectivity index (χ4v) is 1.68. The Balaban J connectivity index is 2.26. The van der Waals surface area contributed by atoms with Gasteiger partial charge in [-0.2, -0.15) is 5.26 Å². The van der Waals surface area contributed by atoms with Crippen LogP contribution in [0.15, 0.2) is 36.5 Å². The number of carbonyl (C=O) groups is 1. The molecule has 0 fully saturated rings. The lowest BCUT2D eigenvalue weighted by molar-refractivity contribution is 0.0947. The first-order chi connectivity index (χ1) is 8.72. The van der Waals surface area contributed by atoms with E-state index in [4.69, 9.17) is 5.26 Å². The van der Waals surface area contributed by atoms with E-state index in [-0.39, 0.29) is 11.8 Å². The van der Waals surface area contributed by atoms with Crippen molar-refractivity contribution in [2.24, 2.45) is 5.92 Å². The van der Waals surface area contributed by atoms with Crippen LogP contribution in [0.4, 0.5) is 0 Å². The molecule has 1 amide bonds. The maximum absolute atomic E-state index is 12.0. The highest BCUT2D eigenvalue weighted by Crippen LogP contribution is 2.15. The van der Waals surface area contributed by atoms with Crippen LogP contribution in [0.1, 0.15) is 17.4 Å². The topological polar surface area (TPSA) is 65.8 Å². The highest BCUT2D eigenvalue weighted by molar-refractivity contribution is 6.05. The van der Waals surface area contributed by atoms with Crippen LogP contribution in [-0.4, -0.2) is 17.4 Å². The van der Waals surface area contributed by atoms with E-state index in [1.165, 1.54) is 0 Å². The molecule has 0 saturated heterocycles. The first kappa shape index (κ1) is 12.1. The smallest absolute Gasteiger partial charge is 0.270 e. The monoisotopic (exact) mass is 239 g/mol. The zero-order chi connectivity index (χ0) is 13.0. The number of amides is 1. The number of pyridine rings is 1. The maximum Gasteiger partial charge on any atom is 0.270 e.